The van der Waals surface area contributed by atoms with Crippen LogP contribution in [0.15, 0.2) is 48.5 Å². The predicted molar refractivity (Wildman–Crippen MR) is 86.1 cm³/mol. The van der Waals surface area contributed by atoms with Gasteiger partial charge in [-0.05, 0) is 23.8 Å². The van der Waals surface area contributed by atoms with Gasteiger partial charge in [-0.15, -0.1) is 0 Å². The number of ether oxygens (including phenoxy) is 2. The van der Waals surface area contributed by atoms with Gasteiger partial charge in [0.1, 0.15) is 12.4 Å². The van der Waals surface area contributed by atoms with E-state index in [4.69, 9.17) is 9.47 Å². The van der Waals surface area contributed by atoms with Crippen molar-refractivity contribution in [1.82, 2.24) is 0 Å². The SMILES string of the molecule is COCc1cc(C(=O)CBr)ccc1OCc1ccccc1. The van der Waals surface area contributed by atoms with E-state index in [1.807, 2.05) is 42.5 Å². The predicted octanol–water partition coefficient (Wildman–Crippen LogP) is 3.99. The Bertz CT molecular complexity index is 596. The Morgan fingerprint density at radius 2 is 1.86 bits per heavy atom. The zero-order valence-electron chi connectivity index (χ0n) is 11.8. The molecule has 0 amide bonds. The molecule has 0 aliphatic heterocycles. The summed E-state index contributed by atoms with van der Waals surface area (Å²) in [5.74, 6) is 0.786. The van der Waals surface area contributed by atoms with Crippen molar-refractivity contribution >= 4 is 21.7 Å². The smallest absolute Gasteiger partial charge is 0.173 e. The minimum Gasteiger partial charge on any atom is -0.489 e. The van der Waals surface area contributed by atoms with Gasteiger partial charge in [0.2, 0.25) is 0 Å². The van der Waals surface area contributed by atoms with Crippen molar-refractivity contribution < 1.29 is 14.3 Å². The molecular formula is C17H17BrO3. The van der Waals surface area contributed by atoms with Gasteiger partial charge in [0.25, 0.3) is 0 Å². The molecule has 0 saturated carbocycles. The van der Waals surface area contributed by atoms with Crippen LogP contribution in [0.4, 0.5) is 0 Å². The molecule has 0 atom stereocenters. The summed E-state index contributed by atoms with van der Waals surface area (Å²) in [5.41, 5.74) is 2.63. The minimum absolute atomic E-state index is 0.0435. The van der Waals surface area contributed by atoms with Gasteiger partial charge in [-0.1, -0.05) is 46.3 Å². The fourth-order valence-electron chi connectivity index (χ4n) is 1.97. The standard InChI is InChI=1S/C17H17BrO3/c1-20-12-15-9-14(16(19)10-18)7-8-17(15)21-11-13-5-3-2-4-6-13/h2-9H,10-12H2,1H3. The van der Waals surface area contributed by atoms with Crippen LogP contribution in [-0.2, 0) is 18.0 Å². The van der Waals surface area contributed by atoms with Gasteiger partial charge in [-0.25, -0.2) is 0 Å². The number of alkyl halides is 1. The maximum Gasteiger partial charge on any atom is 0.173 e. The third kappa shape index (κ3) is 4.41. The highest BCUT2D eigenvalue weighted by Gasteiger charge is 2.10. The van der Waals surface area contributed by atoms with Gasteiger partial charge in [0.15, 0.2) is 5.78 Å². The topological polar surface area (TPSA) is 35.5 Å². The summed E-state index contributed by atoms with van der Waals surface area (Å²) < 4.78 is 11.0. The number of hydrogen-bond donors (Lipinski definition) is 0. The Morgan fingerprint density at radius 3 is 2.52 bits per heavy atom. The van der Waals surface area contributed by atoms with Crippen molar-refractivity contribution in [2.45, 2.75) is 13.2 Å². The number of methoxy groups -OCH3 is 1. The van der Waals surface area contributed by atoms with Crippen molar-refractivity contribution in [1.29, 1.82) is 0 Å². The van der Waals surface area contributed by atoms with Crippen LogP contribution in [0.2, 0.25) is 0 Å². The normalized spacial score (nSPS) is 10.4. The third-order valence-electron chi connectivity index (χ3n) is 3.04. The second-order valence-corrected chi connectivity index (χ2v) is 5.15. The van der Waals surface area contributed by atoms with E-state index in [2.05, 4.69) is 15.9 Å². The molecule has 0 saturated heterocycles. The van der Waals surface area contributed by atoms with Crippen LogP contribution in [-0.4, -0.2) is 18.2 Å². The first-order valence-electron chi connectivity index (χ1n) is 6.62. The second kappa shape index (κ2) is 7.96. The molecule has 3 nitrogen and oxygen atoms in total. The van der Waals surface area contributed by atoms with Crippen LogP contribution in [0, 0.1) is 0 Å². The number of hydrogen-bond acceptors (Lipinski definition) is 3. The summed E-state index contributed by atoms with van der Waals surface area (Å²) >= 11 is 3.18. The monoisotopic (exact) mass is 348 g/mol. The van der Waals surface area contributed by atoms with E-state index >= 15 is 0 Å². The minimum atomic E-state index is 0.0435. The Morgan fingerprint density at radius 1 is 1.10 bits per heavy atom. The van der Waals surface area contributed by atoms with Gasteiger partial charge in [-0.2, -0.15) is 0 Å². The molecule has 0 radical (unpaired) electrons. The van der Waals surface area contributed by atoms with Crippen molar-refractivity contribution in [3.8, 4) is 5.75 Å². The molecule has 2 aromatic carbocycles. The molecule has 21 heavy (non-hydrogen) atoms. The molecule has 0 aliphatic rings. The lowest BCUT2D eigenvalue weighted by Crippen LogP contribution is -2.04. The molecule has 110 valence electrons. The zero-order valence-corrected chi connectivity index (χ0v) is 13.4. The lowest BCUT2D eigenvalue weighted by molar-refractivity contribution is 0.102. The van der Waals surface area contributed by atoms with Crippen molar-refractivity contribution in [3.05, 3.63) is 65.2 Å². The number of rotatable bonds is 7. The number of ketones is 1. The fraction of sp³-hybridized carbons (Fsp3) is 0.235. The quantitative estimate of drug-likeness (QED) is 0.560. The van der Waals surface area contributed by atoms with E-state index in [1.165, 1.54) is 0 Å². The van der Waals surface area contributed by atoms with Gasteiger partial charge in [0, 0.05) is 18.2 Å². The van der Waals surface area contributed by atoms with Crippen LogP contribution in [0.1, 0.15) is 21.5 Å². The summed E-state index contributed by atoms with van der Waals surface area (Å²) in [4.78, 5) is 11.7. The second-order valence-electron chi connectivity index (χ2n) is 4.59. The highest BCUT2D eigenvalue weighted by atomic mass is 79.9. The largest absolute Gasteiger partial charge is 0.489 e. The van der Waals surface area contributed by atoms with E-state index in [0.29, 0.717) is 24.1 Å². The molecule has 2 rings (SSSR count). The number of halogens is 1. The Labute approximate surface area is 133 Å². The number of Topliss-reactive ketones (excluding diaryl/α,β-unsaturated/α-hetero) is 1. The molecule has 0 spiro atoms. The number of benzene rings is 2. The number of carbonyl (C=O) groups is 1. The van der Waals surface area contributed by atoms with Gasteiger partial charge < -0.3 is 9.47 Å². The van der Waals surface area contributed by atoms with Crippen LogP contribution < -0.4 is 4.74 Å². The molecule has 4 heteroatoms. The summed E-state index contributed by atoms with van der Waals surface area (Å²) in [5, 5.41) is 0.309. The highest BCUT2D eigenvalue weighted by molar-refractivity contribution is 9.09. The average molecular weight is 349 g/mol. The highest BCUT2D eigenvalue weighted by Crippen LogP contribution is 2.23. The summed E-state index contributed by atoms with van der Waals surface area (Å²) in [7, 11) is 1.62. The molecule has 0 aliphatic carbocycles. The summed E-state index contributed by atoms with van der Waals surface area (Å²) in [6.07, 6.45) is 0. The lowest BCUT2D eigenvalue weighted by atomic mass is 10.1. The fourth-order valence-corrected chi connectivity index (χ4v) is 2.30. The van der Waals surface area contributed by atoms with E-state index in [-0.39, 0.29) is 5.78 Å². The first-order chi connectivity index (χ1) is 10.2. The first kappa shape index (κ1) is 15.7. The maximum absolute atomic E-state index is 11.7. The van der Waals surface area contributed by atoms with Crippen LogP contribution >= 0.6 is 15.9 Å². The van der Waals surface area contributed by atoms with Gasteiger partial charge >= 0.3 is 0 Å². The Kier molecular flexibility index (Phi) is 5.96. The third-order valence-corrected chi connectivity index (χ3v) is 3.55. The van der Waals surface area contributed by atoms with Crippen molar-refractivity contribution in [2.24, 2.45) is 0 Å². The van der Waals surface area contributed by atoms with Crippen LogP contribution in [0.25, 0.3) is 0 Å². The van der Waals surface area contributed by atoms with Gasteiger partial charge in [0.05, 0.1) is 11.9 Å². The lowest BCUT2D eigenvalue weighted by Gasteiger charge is -2.12. The maximum atomic E-state index is 11.7. The molecule has 0 fully saturated rings. The summed E-state index contributed by atoms with van der Waals surface area (Å²) in [6.45, 7) is 0.900. The Balaban J connectivity index is 2.16. The van der Waals surface area contributed by atoms with Crippen molar-refractivity contribution in [3.63, 3.8) is 0 Å². The summed E-state index contributed by atoms with van der Waals surface area (Å²) in [6, 6.07) is 15.4. The van der Waals surface area contributed by atoms with E-state index in [1.54, 1.807) is 13.2 Å². The molecule has 0 N–H and O–H groups in total. The van der Waals surface area contributed by atoms with E-state index in [9.17, 15) is 4.79 Å². The van der Waals surface area contributed by atoms with Crippen LogP contribution in [0.3, 0.4) is 0 Å². The Hall–Kier alpha value is -1.65. The van der Waals surface area contributed by atoms with Crippen molar-refractivity contribution in [2.75, 3.05) is 12.4 Å². The van der Waals surface area contributed by atoms with Gasteiger partial charge in [-0.3, -0.25) is 4.79 Å². The van der Waals surface area contributed by atoms with E-state index in [0.717, 1.165) is 16.9 Å². The first-order valence-corrected chi connectivity index (χ1v) is 7.74. The van der Waals surface area contributed by atoms with Crippen LogP contribution in [0.5, 0.6) is 5.75 Å². The van der Waals surface area contributed by atoms with E-state index < -0.39 is 0 Å². The molecule has 0 heterocycles. The molecule has 2 aromatic rings. The molecular weight excluding hydrogens is 332 g/mol. The molecule has 0 unspecified atom stereocenters. The number of carbonyl (C=O) groups excluding carboxylic acids is 1. The molecule has 0 bridgehead atoms. The molecule has 0 aromatic heterocycles. The zero-order chi connectivity index (χ0) is 15.1. The average Bonchev–Trinajstić information content (AvgIpc) is 2.54.